The molecule has 0 spiro atoms. The molecule has 3 aromatic rings. The van der Waals surface area contributed by atoms with Gasteiger partial charge in [0.1, 0.15) is 5.52 Å². The number of nitro benzene ring substituents is 1. The van der Waals surface area contributed by atoms with E-state index in [0.717, 1.165) is 0 Å². The third kappa shape index (κ3) is 3.64. The van der Waals surface area contributed by atoms with Crippen molar-refractivity contribution in [1.29, 1.82) is 0 Å². The summed E-state index contributed by atoms with van der Waals surface area (Å²) < 4.78 is 15.9. The Balaban J connectivity index is 2.03. The van der Waals surface area contributed by atoms with Crippen LogP contribution in [0.5, 0.6) is 17.2 Å². The van der Waals surface area contributed by atoms with Gasteiger partial charge in [-0.15, -0.1) is 0 Å². The summed E-state index contributed by atoms with van der Waals surface area (Å²) in [6.45, 7) is 1.68. The van der Waals surface area contributed by atoms with Crippen LogP contribution >= 0.6 is 0 Å². The van der Waals surface area contributed by atoms with E-state index in [0.29, 0.717) is 44.9 Å². The van der Waals surface area contributed by atoms with Gasteiger partial charge >= 0.3 is 0 Å². The minimum atomic E-state index is -0.444. The number of rotatable bonds is 7. The summed E-state index contributed by atoms with van der Waals surface area (Å²) in [6, 6.07) is 7.98. The lowest BCUT2D eigenvalue weighted by Gasteiger charge is -2.13. The van der Waals surface area contributed by atoms with Crippen molar-refractivity contribution in [2.45, 2.75) is 6.92 Å². The molecule has 150 valence electrons. The van der Waals surface area contributed by atoms with Gasteiger partial charge in [0.15, 0.2) is 17.3 Å². The van der Waals surface area contributed by atoms with E-state index in [9.17, 15) is 14.9 Å². The molecule has 0 atom stereocenters. The Labute approximate surface area is 166 Å². The standard InChI is InChI=1S/C21H20N2O6/c1-12(8-14-11-22-19-15(14)6-5-7-16(19)23(25)26)20(24)13-9-17(27-2)21(29-4)18(10-13)28-3/h5-11,22H,1-4H3/b12-8+. The van der Waals surface area contributed by atoms with Gasteiger partial charge in [-0.1, -0.05) is 12.1 Å². The van der Waals surface area contributed by atoms with E-state index in [-0.39, 0.29) is 11.5 Å². The monoisotopic (exact) mass is 396 g/mol. The number of aromatic nitrogens is 1. The molecule has 8 heteroatoms. The summed E-state index contributed by atoms with van der Waals surface area (Å²) in [5.74, 6) is 0.928. The molecule has 0 fully saturated rings. The fourth-order valence-corrected chi connectivity index (χ4v) is 3.17. The molecular weight excluding hydrogens is 376 g/mol. The Morgan fingerprint density at radius 3 is 2.31 bits per heavy atom. The van der Waals surface area contributed by atoms with Crippen molar-refractivity contribution < 1.29 is 23.9 Å². The van der Waals surface area contributed by atoms with E-state index in [1.807, 2.05) is 0 Å². The lowest BCUT2D eigenvalue weighted by Crippen LogP contribution is -2.03. The largest absolute Gasteiger partial charge is 0.493 e. The van der Waals surface area contributed by atoms with Gasteiger partial charge in [0.05, 0.1) is 26.3 Å². The first-order valence-corrected chi connectivity index (χ1v) is 8.68. The molecule has 1 N–H and O–H groups in total. The second kappa shape index (κ2) is 8.05. The molecule has 0 aliphatic carbocycles. The average molecular weight is 396 g/mol. The van der Waals surface area contributed by atoms with Crippen molar-refractivity contribution in [2.24, 2.45) is 0 Å². The molecule has 0 radical (unpaired) electrons. The van der Waals surface area contributed by atoms with E-state index in [4.69, 9.17) is 14.2 Å². The van der Waals surface area contributed by atoms with Crippen molar-refractivity contribution in [3.8, 4) is 17.2 Å². The average Bonchev–Trinajstić information content (AvgIpc) is 3.14. The SMILES string of the molecule is COc1cc(C(=O)/C(C)=C/c2c[nH]c3c([N+](=O)[O-])cccc23)cc(OC)c1OC. The molecule has 1 aromatic heterocycles. The van der Waals surface area contributed by atoms with Gasteiger partial charge in [0, 0.05) is 28.8 Å². The maximum absolute atomic E-state index is 13.0. The van der Waals surface area contributed by atoms with Crippen LogP contribution < -0.4 is 14.2 Å². The third-order valence-corrected chi connectivity index (χ3v) is 4.58. The number of hydrogen-bond acceptors (Lipinski definition) is 6. The number of allylic oxidation sites excluding steroid dienone is 1. The van der Waals surface area contributed by atoms with Crippen molar-refractivity contribution in [3.05, 3.63) is 63.3 Å². The van der Waals surface area contributed by atoms with Crippen molar-refractivity contribution in [1.82, 2.24) is 4.98 Å². The topological polar surface area (TPSA) is 104 Å². The number of Topliss-reactive ketones (excluding diaryl/α,β-unsaturated/α-hetero) is 1. The summed E-state index contributed by atoms with van der Waals surface area (Å²) in [7, 11) is 4.45. The Kier molecular flexibility index (Phi) is 5.54. The molecule has 0 aliphatic heterocycles. The summed E-state index contributed by atoms with van der Waals surface area (Å²) in [5, 5.41) is 11.9. The highest BCUT2D eigenvalue weighted by molar-refractivity contribution is 6.12. The van der Waals surface area contributed by atoms with Crippen molar-refractivity contribution in [3.63, 3.8) is 0 Å². The molecule has 2 aromatic carbocycles. The van der Waals surface area contributed by atoms with Gasteiger partial charge in [0.2, 0.25) is 5.75 Å². The zero-order valence-corrected chi connectivity index (χ0v) is 16.4. The second-order valence-corrected chi connectivity index (χ2v) is 6.27. The van der Waals surface area contributed by atoms with Crippen LogP contribution in [-0.4, -0.2) is 37.0 Å². The summed E-state index contributed by atoms with van der Waals surface area (Å²) in [6.07, 6.45) is 3.33. The molecular formula is C21H20N2O6. The van der Waals surface area contributed by atoms with Crippen LogP contribution in [0, 0.1) is 10.1 Å². The number of benzene rings is 2. The van der Waals surface area contributed by atoms with Crippen LogP contribution in [0.1, 0.15) is 22.8 Å². The number of aromatic amines is 1. The quantitative estimate of drug-likeness (QED) is 0.275. The van der Waals surface area contributed by atoms with Gasteiger partial charge in [-0.25, -0.2) is 0 Å². The molecule has 0 amide bonds. The molecule has 3 rings (SSSR count). The summed E-state index contributed by atoms with van der Waals surface area (Å²) >= 11 is 0. The summed E-state index contributed by atoms with van der Waals surface area (Å²) in [4.78, 5) is 26.6. The smallest absolute Gasteiger partial charge is 0.293 e. The number of carbonyl (C=O) groups is 1. The van der Waals surface area contributed by atoms with E-state index in [1.54, 1.807) is 43.5 Å². The third-order valence-electron chi connectivity index (χ3n) is 4.58. The van der Waals surface area contributed by atoms with Gasteiger partial charge in [-0.3, -0.25) is 14.9 Å². The molecule has 0 saturated heterocycles. The zero-order chi connectivity index (χ0) is 21.1. The first-order valence-electron chi connectivity index (χ1n) is 8.68. The highest BCUT2D eigenvalue weighted by Crippen LogP contribution is 2.39. The predicted molar refractivity (Wildman–Crippen MR) is 109 cm³/mol. The molecule has 0 unspecified atom stereocenters. The van der Waals surface area contributed by atoms with E-state index >= 15 is 0 Å². The number of ketones is 1. The zero-order valence-electron chi connectivity index (χ0n) is 16.4. The molecule has 0 saturated carbocycles. The first-order chi connectivity index (χ1) is 13.9. The maximum Gasteiger partial charge on any atom is 0.293 e. The van der Waals surface area contributed by atoms with E-state index in [1.165, 1.54) is 27.4 Å². The van der Waals surface area contributed by atoms with Crippen LogP contribution in [-0.2, 0) is 0 Å². The fourth-order valence-electron chi connectivity index (χ4n) is 3.17. The summed E-state index contributed by atoms with van der Waals surface area (Å²) in [5.41, 5.74) is 1.90. The molecule has 0 bridgehead atoms. The molecule has 0 aliphatic rings. The molecule has 1 heterocycles. The lowest BCUT2D eigenvalue weighted by molar-refractivity contribution is -0.383. The van der Waals surface area contributed by atoms with E-state index in [2.05, 4.69) is 4.98 Å². The number of nitrogens with zero attached hydrogens (tertiary/aromatic N) is 1. The first kappa shape index (κ1) is 19.9. The van der Waals surface area contributed by atoms with Crippen LogP contribution in [0.2, 0.25) is 0 Å². The van der Waals surface area contributed by atoms with Crippen molar-refractivity contribution >= 4 is 28.4 Å². The van der Waals surface area contributed by atoms with Gasteiger partial charge in [0.25, 0.3) is 5.69 Å². The van der Waals surface area contributed by atoms with Gasteiger partial charge < -0.3 is 19.2 Å². The predicted octanol–water partition coefficient (Wildman–Crippen LogP) is 4.39. The second-order valence-electron chi connectivity index (χ2n) is 6.27. The van der Waals surface area contributed by atoms with Crippen molar-refractivity contribution in [2.75, 3.05) is 21.3 Å². The normalized spacial score (nSPS) is 11.4. The number of hydrogen-bond donors (Lipinski definition) is 1. The van der Waals surface area contributed by atoms with Crippen LogP contribution in [0.15, 0.2) is 42.1 Å². The van der Waals surface area contributed by atoms with Gasteiger partial charge in [-0.2, -0.15) is 0 Å². The number of nitrogens with one attached hydrogen (secondary N) is 1. The van der Waals surface area contributed by atoms with Crippen LogP contribution in [0.4, 0.5) is 5.69 Å². The highest BCUT2D eigenvalue weighted by Gasteiger charge is 2.19. The van der Waals surface area contributed by atoms with Crippen LogP contribution in [0.3, 0.4) is 0 Å². The number of H-pyrrole nitrogens is 1. The number of nitro groups is 1. The lowest BCUT2D eigenvalue weighted by atomic mass is 10.0. The number of para-hydroxylation sites is 1. The Hall–Kier alpha value is -3.81. The van der Waals surface area contributed by atoms with Gasteiger partial charge in [-0.05, 0) is 30.7 Å². The van der Waals surface area contributed by atoms with Crippen LogP contribution in [0.25, 0.3) is 17.0 Å². The fraction of sp³-hybridized carbons (Fsp3) is 0.190. The minimum absolute atomic E-state index is 0.0178. The minimum Gasteiger partial charge on any atom is -0.493 e. The number of non-ortho nitro benzene ring substituents is 1. The number of carbonyl (C=O) groups excluding carboxylic acids is 1. The Morgan fingerprint density at radius 1 is 1.10 bits per heavy atom. The highest BCUT2D eigenvalue weighted by atomic mass is 16.6. The molecule has 8 nitrogen and oxygen atoms in total. The maximum atomic E-state index is 13.0. The number of fused-ring (bicyclic) bond motifs is 1. The molecule has 29 heavy (non-hydrogen) atoms. The number of ether oxygens (including phenoxy) is 3. The number of methoxy groups -OCH3 is 3. The Bertz CT molecular complexity index is 1100. The Morgan fingerprint density at radius 2 is 1.76 bits per heavy atom. The van der Waals surface area contributed by atoms with E-state index < -0.39 is 4.92 Å².